The van der Waals surface area contributed by atoms with E-state index in [9.17, 15) is 9.90 Å². The number of aliphatic hydroxyl groups excluding tert-OH is 1. The van der Waals surface area contributed by atoms with E-state index in [0.717, 1.165) is 5.56 Å². The lowest BCUT2D eigenvalue weighted by Gasteiger charge is -2.18. The fourth-order valence-electron chi connectivity index (χ4n) is 1.99. The first-order valence-corrected chi connectivity index (χ1v) is 6.41. The van der Waals surface area contributed by atoms with Gasteiger partial charge in [0.2, 0.25) is 0 Å². The molecule has 6 nitrogen and oxygen atoms in total. The monoisotopic (exact) mass is 278 g/mol. The van der Waals surface area contributed by atoms with Crippen molar-refractivity contribution in [2.45, 2.75) is 19.6 Å². The van der Waals surface area contributed by atoms with Crippen LogP contribution >= 0.6 is 0 Å². The molecule has 2 rings (SSSR count). The molecule has 20 heavy (non-hydrogen) atoms. The highest BCUT2D eigenvalue weighted by atomic mass is 16.7. The van der Waals surface area contributed by atoms with Crippen molar-refractivity contribution in [2.75, 3.05) is 13.7 Å². The van der Waals surface area contributed by atoms with Crippen molar-refractivity contribution in [1.29, 1.82) is 0 Å². The number of carbonyl (C=O) groups is 1. The van der Waals surface area contributed by atoms with Crippen LogP contribution in [0.5, 0.6) is 0 Å². The van der Waals surface area contributed by atoms with Crippen LogP contribution in [0.15, 0.2) is 41.9 Å². The Bertz CT molecular complexity index is 501. The highest BCUT2D eigenvalue weighted by molar-refractivity contribution is 5.91. The van der Waals surface area contributed by atoms with Crippen LogP contribution in [0.1, 0.15) is 12.5 Å². The van der Waals surface area contributed by atoms with Crippen LogP contribution in [-0.2, 0) is 20.9 Å². The van der Waals surface area contributed by atoms with Crippen molar-refractivity contribution in [3.8, 4) is 0 Å². The Morgan fingerprint density at radius 1 is 1.45 bits per heavy atom. The zero-order valence-electron chi connectivity index (χ0n) is 11.5. The number of nitrogens with zero attached hydrogens (tertiary/aromatic N) is 1. The minimum absolute atomic E-state index is 0.0882. The number of rotatable bonds is 5. The maximum atomic E-state index is 11.7. The third-order valence-electron chi connectivity index (χ3n) is 2.94. The van der Waals surface area contributed by atoms with E-state index in [2.05, 4.69) is 5.32 Å². The van der Waals surface area contributed by atoms with Gasteiger partial charge >= 0.3 is 5.97 Å². The molecule has 0 bridgehead atoms. The van der Waals surface area contributed by atoms with E-state index in [1.54, 1.807) is 14.0 Å². The number of hydroxylamine groups is 2. The summed E-state index contributed by atoms with van der Waals surface area (Å²) in [7, 11) is 1.62. The number of hydrogen-bond donors (Lipinski definition) is 2. The molecule has 0 aliphatic carbocycles. The Morgan fingerprint density at radius 3 is 2.80 bits per heavy atom. The van der Waals surface area contributed by atoms with Gasteiger partial charge in [0.1, 0.15) is 6.17 Å². The molecule has 1 fully saturated rings. The van der Waals surface area contributed by atoms with E-state index < -0.39 is 18.1 Å². The van der Waals surface area contributed by atoms with Crippen LogP contribution in [0.4, 0.5) is 0 Å². The van der Waals surface area contributed by atoms with Gasteiger partial charge in [-0.05, 0) is 12.5 Å². The second-order valence-corrected chi connectivity index (χ2v) is 4.35. The number of ether oxygens (including phenoxy) is 1. The summed E-state index contributed by atoms with van der Waals surface area (Å²) in [6.45, 7) is 2.54. The van der Waals surface area contributed by atoms with Crippen molar-refractivity contribution in [3.63, 3.8) is 0 Å². The molecule has 0 aromatic heterocycles. The summed E-state index contributed by atoms with van der Waals surface area (Å²) in [5.74, 6) is -1.00. The third kappa shape index (κ3) is 3.09. The van der Waals surface area contributed by atoms with Crippen molar-refractivity contribution >= 4 is 5.97 Å². The first-order valence-electron chi connectivity index (χ1n) is 6.41. The Balaban J connectivity index is 2.11. The van der Waals surface area contributed by atoms with Gasteiger partial charge in [-0.1, -0.05) is 30.3 Å². The van der Waals surface area contributed by atoms with Gasteiger partial charge in [0.05, 0.1) is 6.61 Å². The molecular weight excluding hydrogens is 260 g/mol. The van der Waals surface area contributed by atoms with E-state index >= 15 is 0 Å². The molecule has 6 heteroatoms. The van der Waals surface area contributed by atoms with Gasteiger partial charge < -0.3 is 14.7 Å². The van der Waals surface area contributed by atoms with Crippen molar-refractivity contribution < 1.29 is 19.5 Å². The fourth-order valence-corrected chi connectivity index (χ4v) is 1.99. The highest BCUT2D eigenvalue weighted by Crippen LogP contribution is 2.22. The maximum absolute atomic E-state index is 11.7. The standard InChI is InChI=1S/C14H18N2O4/c1-3-19-13(17)11-12(16(2)20-14(11)18)15-9-10-7-5-4-6-8-10/h4-8,12,15,17H,3,9H2,1-2H3/b13-11+. The average molecular weight is 278 g/mol. The van der Waals surface area contributed by atoms with Crippen LogP contribution in [0.3, 0.4) is 0 Å². The predicted octanol–water partition coefficient (Wildman–Crippen LogP) is 1.31. The van der Waals surface area contributed by atoms with Crippen LogP contribution in [0, 0.1) is 0 Å². The largest absolute Gasteiger partial charge is 0.481 e. The first-order chi connectivity index (χ1) is 9.63. The number of benzene rings is 1. The normalized spacial score (nSPS) is 21.7. The van der Waals surface area contributed by atoms with Gasteiger partial charge in [0.25, 0.3) is 5.95 Å². The number of nitrogens with one attached hydrogen (secondary N) is 1. The predicted molar refractivity (Wildman–Crippen MR) is 72.2 cm³/mol. The molecule has 2 N–H and O–H groups in total. The lowest BCUT2D eigenvalue weighted by molar-refractivity contribution is -0.169. The molecule has 1 saturated heterocycles. The van der Waals surface area contributed by atoms with E-state index in [-0.39, 0.29) is 12.2 Å². The molecule has 1 heterocycles. The number of aliphatic hydroxyl groups is 1. The average Bonchev–Trinajstić information content (AvgIpc) is 2.72. The van der Waals surface area contributed by atoms with E-state index in [4.69, 9.17) is 9.57 Å². The SMILES string of the molecule is CCO/C(O)=C1/C(=O)ON(C)C1NCc1ccccc1. The van der Waals surface area contributed by atoms with Gasteiger partial charge in [0.15, 0.2) is 5.57 Å². The summed E-state index contributed by atoms with van der Waals surface area (Å²) in [5.41, 5.74) is 1.15. The van der Waals surface area contributed by atoms with Gasteiger partial charge in [-0.25, -0.2) is 4.79 Å². The summed E-state index contributed by atoms with van der Waals surface area (Å²) in [6, 6.07) is 9.74. The molecule has 1 atom stereocenters. The van der Waals surface area contributed by atoms with E-state index in [1.165, 1.54) is 5.06 Å². The lowest BCUT2D eigenvalue weighted by Crippen LogP contribution is -2.39. The van der Waals surface area contributed by atoms with Crippen LogP contribution in [0.2, 0.25) is 0 Å². The molecule has 1 unspecified atom stereocenters. The Morgan fingerprint density at radius 2 is 2.15 bits per heavy atom. The summed E-state index contributed by atoms with van der Waals surface area (Å²) in [6.07, 6.45) is -0.547. The molecule has 1 aliphatic heterocycles. The highest BCUT2D eigenvalue weighted by Gasteiger charge is 2.39. The molecular formula is C14H18N2O4. The van der Waals surface area contributed by atoms with Crippen LogP contribution in [-0.4, -0.2) is 36.0 Å². The van der Waals surface area contributed by atoms with E-state index in [0.29, 0.717) is 6.54 Å². The molecule has 0 spiro atoms. The molecule has 1 aromatic rings. The van der Waals surface area contributed by atoms with Gasteiger partial charge in [-0.2, -0.15) is 0 Å². The molecule has 108 valence electrons. The van der Waals surface area contributed by atoms with Gasteiger partial charge in [-0.15, -0.1) is 5.06 Å². The Kier molecular flexibility index (Phi) is 4.60. The second kappa shape index (κ2) is 6.40. The molecule has 0 amide bonds. The fraction of sp³-hybridized carbons (Fsp3) is 0.357. The number of carbonyl (C=O) groups excluding carboxylic acids is 1. The van der Waals surface area contributed by atoms with Crippen LogP contribution < -0.4 is 5.32 Å². The number of likely N-dealkylation sites (N-methyl/N-ethyl adjacent to an activating group) is 1. The first kappa shape index (κ1) is 14.4. The molecule has 1 aliphatic rings. The van der Waals surface area contributed by atoms with E-state index in [1.807, 2.05) is 30.3 Å². The minimum atomic E-state index is -0.607. The van der Waals surface area contributed by atoms with Gasteiger partial charge in [-0.3, -0.25) is 5.32 Å². The molecule has 1 aromatic carbocycles. The topological polar surface area (TPSA) is 71.0 Å². The van der Waals surface area contributed by atoms with Crippen molar-refractivity contribution in [2.24, 2.45) is 0 Å². The molecule has 0 saturated carbocycles. The van der Waals surface area contributed by atoms with Crippen molar-refractivity contribution in [3.05, 3.63) is 47.4 Å². The maximum Gasteiger partial charge on any atom is 0.363 e. The third-order valence-corrected chi connectivity index (χ3v) is 2.94. The Labute approximate surface area is 117 Å². The molecule has 0 radical (unpaired) electrons. The summed E-state index contributed by atoms with van der Waals surface area (Å²) >= 11 is 0. The summed E-state index contributed by atoms with van der Waals surface area (Å²) < 4.78 is 4.99. The summed E-state index contributed by atoms with van der Waals surface area (Å²) in [4.78, 5) is 16.7. The smallest absolute Gasteiger partial charge is 0.363 e. The van der Waals surface area contributed by atoms with Gasteiger partial charge in [0, 0.05) is 13.6 Å². The Hall–Kier alpha value is -2.05. The summed E-state index contributed by atoms with van der Waals surface area (Å²) in [5, 5.41) is 14.3. The second-order valence-electron chi connectivity index (χ2n) is 4.35. The zero-order chi connectivity index (χ0) is 14.5. The lowest BCUT2D eigenvalue weighted by atomic mass is 10.2. The van der Waals surface area contributed by atoms with Crippen molar-refractivity contribution in [1.82, 2.24) is 10.4 Å². The quantitative estimate of drug-likeness (QED) is 0.625. The van der Waals surface area contributed by atoms with Crippen LogP contribution in [0.25, 0.3) is 0 Å². The number of hydrogen-bond acceptors (Lipinski definition) is 6. The minimum Gasteiger partial charge on any atom is -0.481 e. The zero-order valence-corrected chi connectivity index (χ0v) is 11.5.